The van der Waals surface area contributed by atoms with Crippen molar-refractivity contribution in [3.8, 4) is 5.88 Å². The highest BCUT2D eigenvalue weighted by Gasteiger charge is 2.22. The van der Waals surface area contributed by atoms with Gasteiger partial charge in [0.15, 0.2) is 0 Å². The molecular formula is C16H28N4O. The Morgan fingerprint density at radius 2 is 2.24 bits per heavy atom. The number of nitrogens with two attached hydrogens (primary N) is 1. The lowest BCUT2D eigenvalue weighted by Crippen LogP contribution is -2.32. The van der Waals surface area contributed by atoms with Crippen molar-refractivity contribution in [2.24, 2.45) is 5.92 Å². The summed E-state index contributed by atoms with van der Waals surface area (Å²) in [6.07, 6.45) is 3.69. The van der Waals surface area contributed by atoms with Crippen molar-refractivity contribution in [3.05, 3.63) is 12.1 Å². The van der Waals surface area contributed by atoms with Gasteiger partial charge in [-0.1, -0.05) is 6.92 Å². The highest BCUT2D eigenvalue weighted by molar-refractivity contribution is 5.53. The van der Waals surface area contributed by atoms with Gasteiger partial charge in [0.2, 0.25) is 5.88 Å². The third-order valence-electron chi connectivity index (χ3n) is 4.16. The standard InChI is InChI=1S/C16H28N4O/c1-4-12(2)20(3)10-9-18-15-8-7-14(17)16(19-15)21-11-13-5-6-13/h7-8,12-13H,4-6,9-11,17H2,1-3H3,(H,18,19). The summed E-state index contributed by atoms with van der Waals surface area (Å²) >= 11 is 0. The van der Waals surface area contributed by atoms with E-state index in [9.17, 15) is 0 Å². The molecule has 0 saturated heterocycles. The Bertz CT molecular complexity index is 448. The number of ether oxygens (including phenoxy) is 1. The topological polar surface area (TPSA) is 63.4 Å². The molecule has 1 aliphatic carbocycles. The molecular weight excluding hydrogens is 264 g/mol. The first-order chi connectivity index (χ1) is 10.1. The van der Waals surface area contributed by atoms with Crippen LogP contribution >= 0.6 is 0 Å². The first-order valence-corrected chi connectivity index (χ1v) is 7.93. The summed E-state index contributed by atoms with van der Waals surface area (Å²) < 4.78 is 5.70. The van der Waals surface area contributed by atoms with Gasteiger partial charge in [0, 0.05) is 19.1 Å². The minimum atomic E-state index is 0.558. The van der Waals surface area contributed by atoms with E-state index >= 15 is 0 Å². The molecule has 5 heteroatoms. The fraction of sp³-hybridized carbons (Fsp3) is 0.688. The summed E-state index contributed by atoms with van der Waals surface area (Å²) in [6, 6.07) is 4.36. The Morgan fingerprint density at radius 1 is 1.48 bits per heavy atom. The number of nitrogens with zero attached hydrogens (tertiary/aromatic N) is 2. The number of likely N-dealkylation sites (N-methyl/N-ethyl adjacent to an activating group) is 1. The zero-order valence-corrected chi connectivity index (χ0v) is 13.4. The molecule has 1 aromatic rings. The zero-order valence-electron chi connectivity index (χ0n) is 13.4. The van der Waals surface area contributed by atoms with Gasteiger partial charge in [-0.25, -0.2) is 0 Å². The van der Waals surface area contributed by atoms with Crippen LogP contribution in [-0.2, 0) is 0 Å². The SMILES string of the molecule is CCC(C)N(C)CCNc1ccc(N)c(OCC2CC2)n1. The van der Waals surface area contributed by atoms with E-state index in [4.69, 9.17) is 10.5 Å². The van der Waals surface area contributed by atoms with Crippen LogP contribution in [0.4, 0.5) is 11.5 Å². The van der Waals surface area contributed by atoms with E-state index in [2.05, 4.69) is 36.1 Å². The predicted octanol–water partition coefficient (Wildman–Crippen LogP) is 2.59. The van der Waals surface area contributed by atoms with Gasteiger partial charge < -0.3 is 20.7 Å². The first kappa shape index (κ1) is 15.9. The second kappa shape index (κ2) is 7.50. The highest BCUT2D eigenvalue weighted by Crippen LogP contribution is 2.30. The summed E-state index contributed by atoms with van der Waals surface area (Å²) in [5.74, 6) is 2.08. The Labute approximate surface area is 127 Å². The maximum atomic E-state index is 5.91. The van der Waals surface area contributed by atoms with Gasteiger partial charge in [0.05, 0.1) is 12.3 Å². The van der Waals surface area contributed by atoms with Gasteiger partial charge in [0.1, 0.15) is 5.82 Å². The highest BCUT2D eigenvalue weighted by atomic mass is 16.5. The second-order valence-electron chi connectivity index (χ2n) is 6.01. The summed E-state index contributed by atoms with van der Waals surface area (Å²) in [5, 5.41) is 3.34. The molecule has 1 aliphatic rings. The molecule has 1 aromatic heterocycles. The van der Waals surface area contributed by atoms with E-state index in [0.29, 0.717) is 23.5 Å². The van der Waals surface area contributed by atoms with E-state index < -0.39 is 0 Å². The molecule has 0 aromatic carbocycles. The average Bonchev–Trinajstić information content (AvgIpc) is 3.30. The van der Waals surface area contributed by atoms with Gasteiger partial charge in [-0.3, -0.25) is 0 Å². The number of anilines is 2. The molecule has 0 bridgehead atoms. The lowest BCUT2D eigenvalue weighted by Gasteiger charge is -2.23. The van der Waals surface area contributed by atoms with Crippen molar-refractivity contribution < 1.29 is 4.74 Å². The van der Waals surface area contributed by atoms with Crippen LogP contribution < -0.4 is 15.8 Å². The maximum Gasteiger partial charge on any atom is 0.239 e. The summed E-state index contributed by atoms with van der Waals surface area (Å²) in [5.41, 5.74) is 6.52. The Hall–Kier alpha value is -1.49. The molecule has 0 aliphatic heterocycles. The summed E-state index contributed by atoms with van der Waals surface area (Å²) in [6.45, 7) is 7.03. The van der Waals surface area contributed by atoms with Crippen molar-refractivity contribution in [2.45, 2.75) is 39.2 Å². The Morgan fingerprint density at radius 3 is 2.90 bits per heavy atom. The molecule has 0 radical (unpaired) electrons. The van der Waals surface area contributed by atoms with E-state index in [0.717, 1.165) is 31.9 Å². The van der Waals surface area contributed by atoms with Gasteiger partial charge in [-0.2, -0.15) is 4.98 Å². The average molecular weight is 292 g/mol. The lowest BCUT2D eigenvalue weighted by atomic mass is 10.2. The van der Waals surface area contributed by atoms with E-state index in [1.807, 2.05) is 12.1 Å². The number of rotatable bonds is 9. The largest absolute Gasteiger partial charge is 0.476 e. The smallest absolute Gasteiger partial charge is 0.239 e. The first-order valence-electron chi connectivity index (χ1n) is 7.93. The molecule has 0 spiro atoms. The zero-order chi connectivity index (χ0) is 15.2. The third kappa shape index (κ3) is 5.08. The van der Waals surface area contributed by atoms with Crippen molar-refractivity contribution in [3.63, 3.8) is 0 Å². The maximum absolute atomic E-state index is 5.91. The van der Waals surface area contributed by atoms with E-state index in [1.165, 1.54) is 12.8 Å². The van der Waals surface area contributed by atoms with Crippen LogP contribution in [0.1, 0.15) is 33.1 Å². The molecule has 21 heavy (non-hydrogen) atoms. The molecule has 1 heterocycles. The van der Waals surface area contributed by atoms with Gasteiger partial charge in [-0.05, 0) is 51.3 Å². The van der Waals surface area contributed by atoms with Crippen molar-refractivity contribution in [1.29, 1.82) is 0 Å². The van der Waals surface area contributed by atoms with E-state index in [-0.39, 0.29) is 0 Å². The van der Waals surface area contributed by atoms with Crippen molar-refractivity contribution in [1.82, 2.24) is 9.88 Å². The molecule has 1 saturated carbocycles. The molecule has 1 atom stereocenters. The Kier molecular flexibility index (Phi) is 5.67. The lowest BCUT2D eigenvalue weighted by molar-refractivity contribution is 0.261. The van der Waals surface area contributed by atoms with Crippen LogP contribution in [0.2, 0.25) is 0 Å². The summed E-state index contributed by atoms with van der Waals surface area (Å²) in [7, 11) is 2.15. The van der Waals surface area contributed by atoms with Gasteiger partial charge >= 0.3 is 0 Å². The van der Waals surface area contributed by atoms with Crippen LogP contribution in [0.25, 0.3) is 0 Å². The van der Waals surface area contributed by atoms with E-state index in [1.54, 1.807) is 0 Å². The van der Waals surface area contributed by atoms with Crippen molar-refractivity contribution in [2.75, 3.05) is 37.8 Å². The second-order valence-corrected chi connectivity index (χ2v) is 6.01. The number of pyridine rings is 1. The van der Waals surface area contributed by atoms with Gasteiger partial charge in [0.25, 0.3) is 0 Å². The quantitative estimate of drug-likeness (QED) is 0.732. The normalized spacial score (nSPS) is 16.0. The number of hydrogen-bond acceptors (Lipinski definition) is 5. The van der Waals surface area contributed by atoms with Crippen LogP contribution in [0, 0.1) is 5.92 Å². The minimum absolute atomic E-state index is 0.558. The molecule has 3 N–H and O–H groups in total. The fourth-order valence-electron chi connectivity index (χ4n) is 2.04. The Balaban J connectivity index is 1.80. The number of nitrogen functional groups attached to an aromatic ring is 1. The molecule has 118 valence electrons. The van der Waals surface area contributed by atoms with Crippen LogP contribution in [0.15, 0.2) is 12.1 Å². The fourth-order valence-corrected chi connectivity index (χ4v) is 2.04. The monoisotopic (exact) mass is 292 g/mol. The number of hydrogen-bond donors (Lipinski definition) is 2. The number of aromatic nitrogens is 1. The molecule has 2 rings (SSSR count). The molecule has 1 fully saturated rings. The van der Waals surface area contributed by atoms with Crippen LogP contribution in [0.5, 0.6) is 5.88 Å². The molecule has 5 nitrogen and oxygen atoms in total. The predicted molar refractivity (Wildman–Crippen MR) is 87.7 cm³/mol. The summed E-state index contributed by atoms with van der Waals surface area (Å²) in [4.78, 5) is 6.80. The number of nitrogens with one attached hydrogen (secondary N) is 1. The third-order valence-corrected chi connectivity index (χ3v) is 4.16. The van der Waals surface area contributed by atoms with Gasteiger partial charge in [-0.15, -0.1) is 0 Å². The van der Waals surface area contributed by atoms with Crippen LogP contribution in [-0.4, -0.2) is 42.7 Å². The minimum Gasteiger partial charge on any atom is -0.476 e. The van der Waals surface area contributed by atoms with Crippen molar-refractivity contribution >= 4 is 11.5 Å². The molecule has 1 unspecified atom stereocenters. The molecule has 0 amide bonds. The van der Waals surface area contributed by atoms with Crippen LogP contribution in [0.3, 0.4) is 0 Å².